The van der Waals surface area contributed by atoms with Crippen LogP contribution in [0.3, 0.4) is 0 Å². The Kier molecular flexibility index (Phi) is 6.15. The van der Waals surface area contributed by atoms with E-state index in [1.807, 2.05) is 54.6 Å². The van der Waals surface area contributed by atoms with Gasteiger partial charge in [-0.15, -0.1) is 0 Å². The molecule has 0 saturated heterocycles. The molecule has 0 amide bonds. The smallest absolute Gasteiger partial charge is 0.164 e. The maximum absolute atomic E-state index is 6.59. The summed E-state index contributed by atoms with van der Waals surface area (Å²) in [6.07, 6.45) is 0. The summed E-state index contributed by atoms with van der Waals surface area (Å²) in [6.45, 7) is 0. The lowest BCUT2D eigenvalue weighted by atomic mass is 9.95. The van der Waals surface area contributed by atoms with E-state index in [1.54, 1.807) is 0 Å². The third-order valence-electron chi connectivity index (χ3n) is 9.54. The Bertz CT molecular complexity index is 2880. The van der Waals surface area contributed by atoms with Gasteiger partial charge < -0.3 is 4.42 Å². The zero-order valence-corrected chi connectivity index (χ0v) is 26.3. The van der Waals surface area contributed by atoms with Gasteiger partial charge in [0.2, 0.25) is 0 Å². The predicted octanol–water partition coefficient (Wildman–Crippen LogP) is 11.9. The quantitative estimate of drug-likeness (QED) is 0.183. The Morgan fingerprint density at radius 3 is 1.73 bits per heavy atom. The normalized spacial score (nSPS) is 11.7. The average Bonchev–Trinajstić information content (AvgIpc) is 3.57. The van der Waals surface area contributed by atoms with Gasteiger partial charge in [0.05, 0.1) is 0 Å². The summed E-state index contributed by atoms with van der Waals surface area (Å²) in [5, 5.41) is 9.20. The second-order valence-corrected chi connectivity index (χ2v) is 12.3. The SMILES string of the molecule is c1ccc(-c2nc(-c3cccc4c3ccc3c5ccccc5ccc43)nc(-c3ccc(-c4ccccc4)c4oc5ccccc5c34)n2)cc1. The number of benzene rings is 8. The summed E-state index contributed by atoms with van der Waals surface area (Å²) in [5.41, 5.74) is 6.56. The van der Waals surface area contributed by atoms with Crippen LogP contribution in [0.5, 0.6) is 0 Å². The van der Waals surface area contributed by atoms with Gasteiger partial charge >= 0.3 is 0 Å². The Morgan fingerprint density at radius 1 is 0.327 bits per heavy atom. The van der Waals surface area contributed by atoms with Crippen LogP contribution in [0.1, 0.15) is 0 Å². The second-order valence-electron chi connectivity index (χ2n) is 12.3. The molecule has 2 aromatic heterocycles. The molecule has 0 spiro atoms. The molecule has 4 heteroatoms. The molecule has 4 nitrogen and oxygen atoms in total. The van der Waals surface area contributed by atoms with Crippen LogP contribution in [0.25, 0.3) is 99.5 Å². The summed E-state index contributed by atoms with van der Waals surface area (Å²) in [7, 11) is 0. The number of fused-ring (bicyclic) bond motifs is 8. The standard InChI is InChI=1S/C45H27N3O/c1-3-12-28(13-4-1)32-24-27-39(41-38-18-9-10-21-40(38)49-42(32)41)45-47-43(30-15-5-2-6-16-30)46-44(48-45)37-20-11-19-33-35-23-22-29-14-7-8-17-31(29)34(35)25-26-36(33)37/h1-27H. The van der Waals surface area contributed by atoms with Crippen molar-refractivity contribution in [2.75, 3.05) is 0 Å². The van der Waals surface area contributed by atoms with E-state index < -0.39 is 0 Å². The molecule has 0 saturated carbocycles. The highest BCUT2D eigenvalue weighted by Gasteiger charge is 2.21. The molecule has 0 N–H and O–H groups in total. The summed E-state index contributed by atoms with van der Waals surface area (Å²) in [5.74, 6) is 1.85. The van der Waals surface area contributed by atoms with Gasteiger partial charge in [0.15, 0.2) is 17.5 Å². The fraction of sp³-hybridized carbons (Fsp3) is 0. The van der Waals surface area contributed by atoms with Crippen LogP contribution in [-0.4, -0.2) is 15.0 Å². The van der Waals surface area contributed by atoms with Gasteiger partial charge in [-0.1, -0.05) is 146 Å². The van der Waals surface area contributed by atoms with Crippen molar-refractivity contribution in [1.82, 2.24) is 15.0 Å². The van der Waals surface area contributed by atoms with Gasteiger partial charge in [0.1, 0.15) is 11.2 Å². The minimum Gasteiger partial charge on any atom is -0.455 e. The first-order chi connectivity index (χ1) is 24.3. The van der Waals surface area contributed by atoms with E-state index in [9.17, 15) is 0 Å². The molecule has 0 radical (unpaired) electrons. The van der Waals surface area contributed by atoms with Gasteiger partial charge in [-0.3, -0.25) is 0 Å². The Labute approximate surface area is 282 Å². The Hall–Kier alpha value is -6.65. The van der Waals surface area contributed by atoms with Crippen LogP contribution in [0.4, 0.5) is 0 Å². The molecule has 8 aromatic carbocycles. The molecule has 0 unspecified atom stereocenters. The van der Waals surface area contributed by atoms with E-state index >= 15 is 0 Å². The van der Waals surface area contributed by atoms with Crippen LogP contribution in [0.2, 0.25) is 0 Å². The number of para-hydroxylation sites is 1. The van der Waals surface area contributed by atoms with Gasteiger partial charge in [0, 0.05) is 33.0 Å². The zero-order chi connectivity index (χ0) is 32.3. The number of hydrogen-bond acceptors (Lipinski definition) is 4. The molecule has 0 aliphatic heterocycles. The molecule has 0 aliphatic rings. The van der Waals surface area contributed by atoms with E-state index in [2.05, 4.69) is 109 Å². The van der Waals surface area contributed by atoms with E-state index in [0.717, 1.165) is 55.1 Å². The molecular weight excluding hydrogens is 599 g/mol. The average molecular weight is 626 g/mol. The van der Waals surface area contributed by atoms with E-state index in [4.69, 9.17) is 19.4 Å². The van der Waals surface area contributed by atoms with Crippen molar-refractivity contribution in [2.24, 2.45) is 0 Å². The number of aromatic nitrogens is 3. The maximum atomic E-state index is 6.59. The number of rotatable bonds is 4. The van der Waals surface area contributed by atoms with Gasteiger partial charge in [0.25, 0.3) is 0 Å². The van der Waals surface area contributed by atoms with E-state index in [-0.39, 0.29) is 0 Å². The van der Waals surface area contributed by atoms with E-state index in [0.29, 0.717) is 17.5 Å². The maximum Gasteiger partial charge on any atom is 0.164 e. The van der Waals surface area contributed by atoms with Gasteiger partial charge in [-0.2, -0.15) is 0 Å². The first-order valence-corrected chi connectivity index (χ1v) is 16.5. The molecule has 0 fully saturated rings. The summed E-state index contributed by atoms with van der Waals surface area (Å²) >= 11 is 0. The Morgan fingerprint density at radius 2 is 0.898 bits per heavy atom. The van der Waals surface area contributed by atoms with Gasteiger partial charge in [-0.05, 0) is 56.1 Å². The fourth-order valence-corrected chi connectivity index (χ4v) is 7.24. The molecule has 49 heavy (non-hydrogen) atoms. The molecule has 10 aromatic rings. The topological polar surface area (TPSA) is 51.8 Å². The van der Waals surface area contributed by atoms with Crippen LogP contribution < -0.4 is 0 Å². The van der Waals surface area contributed by atoms with Crippen molar-refractivity contribution >= 4 is 54.3 Å². The van der Waals surface area contributed by atoms with Crippen molar-refractivity contribution < 1.29 is 4.42 Å². The van der Waals surface area contributed by atoms with Crippen LogP contribution in [-0.2, 0) is 0 Å². The third kappa shape index (κ3) is 4.42. The first-order valence-electron chi connectivity index (χ1n) is 16.5. The molecule has 228 valence electrons. The minimum atomic E-state index is 0.601. The molecule has 0 aliphatic carbocycles. The van der Waals surface area contributed by atoms with Gasteiger partial charge in [-0.25, -0.2) is 15.0 Å². The van der Waals surface area contributed by atoms with Crippen LogP contribution >= 0.6 is 0 Å². The molecule has 2 heterocycles. The second kappa shape index (κ2) is 11.0. The fourth-order valence-electron chi connectivity index (χ4n) is 7.24. The lowest BCUT2D eigenvalue weighted by Gasteiger charge is -2.13. The van der Waals surface area contributed by atoms with Crippen molar-refractivity contribution in [3.63, 3.8) is 0 Å². The highest BCUT2D eigenvalue weighted by molar-refractivity contribution is 6.19. The van der Waals surface area contributed by atoms with Crippen LogP contribution in [0, 0.1) is 0 Å². The monoisotopic (exact) mass is 625 g/mol. The number of nitrogens with zero attached hydrogens (tertiary/aromatic N) is 3. The first kappa shape index (κ1) is 27.5. The summed E-state index contributed by atoms with van der Waals surface area (Å²) in [6, 6.07) is 56.8. The molecular formula is C45H27N3O. The lowest BCUT2D eigenvalue weighted by molar-refractivity contribution is 0.670. The van der Waals surface area contributed by atoms with E-state index in [1.165, 1.54) is 26.9 Å². The number of hydrogen-bond donors (Lipinski definition) is 0. The molecule has 0 bridgehead atoms. The lowest BCUT2D eigenvalue weighted by Crippen LogP contribution is -2.01. The van der Waals surface area contributed by atoms with Crippen LogP contribution in [0.15, 0.2) is 168 Å². The molecule has 10 rings (SSSR count). The predicted molar refractivity (Wildman–Crippen MR) is 201 cm³/mol. The third-order valence-corrected chi connectivity index (χ3v) is 9.54. The number of furan rings is 1. The van der Waals surface area contributed by atoms with Crippen molar-refractivity contribution in [1.29, 1.82) is 0 Å². The highest BCUT2D eigenvalue weighted by atomic mass is 16.3. The largest absolute Gasteiger partial charge is 0.455 e. The minimum absolute atomic E-state index is 0.601. The van der Waals surface area contributed by atoms with Crippen molar-refractivity contribution in [3.05, 3.63) is 164 Å². The summed E-state index contributed by atoms with van der Waals surface area (Å²) in [4.78, 5) is 15.5. The van der Waals surface area contributed by atoms with Crippen molar-refractivity contribution in [3.8, 4) is 45.3 Å². The Balaban J connectivity index is 1.25. The molecule has 0 atom stereocenters. The van der Waals surface area contributed by atoms with Crippen molar-refractivity contribution in [2.45, 2.75) is 0 Å². The highest BCUT2D eigenvalue weighted by Crippen LogP contribution is 2.42. The zero-order valence-electron chi connectivity index (χ0n) is 26.3. The summed E-state index contributed by atoms with van der Waals surface area (Å²) < 4.78 is 6.59.